The Kier molecular flexibility index (Phi) is 9.94. The summed E-state index contributed by atoms with van der Waals surface area (Å²) < 4.78 is 10.6. The summed E-state index contributed by atoms with van der Waals surface area (Å²) in [6.45, 7) is 3.56. The summed E-state index contributed by atoms with van der Waals surface area (Å²) in [5.41, 5.74) is 2.86. The van der Waals surface area contributed by atoms with Gasteiger partial charge in [0.15, 0.2) is 0 Å². The minimum Gasteiger partial charge on any atom is -0.495 e. The molecule has 0 saturated carbocycles. The summed E-state index contributed by atoms with van der Waals surface area (Å²) in [5, 5.41) is 25.6. The molecule has 8 nitrogen and oxygen atoms in total. The number of benzene rings is 3. The van der Waals surface area contributed by atoms with Gasteiger partial charge in [-0.3, -0.25) is 9.59 Å². The van der Waals surface area contributed by atoms with Crippen LogP contribution >= 0.6 is 23.2 Å². The van der Waals surface area contributed by atoms with Crippen molar-refractivity contribution in [1.82, 2.24) is 0 Å². The van der Waals surface area contributed by atoms with Crippen LogP contribution in [0.5, 0.6) is 11.5 Å². The fourth-order valence-corrected chi connectivity index (χ4v) is 3.92. The quantitative estimate of drug-likeness (QED) is 0.227. The highest BCUT2D eigenvalue weighted by Crippen LogP contribution is 2.32. The van der Waals surface area contributed by atoms with E-state index < -0.39 is 11.8 Å². The molecule has 0 saturated heterocycles. The third-order valence-electron chi connectivity index (χ3n) is 5.72. The van der Waals surface area contributed by atoms with Gasteiger partial charge in [0.25, 0.3) is 11.8 Å². The van der Waals surface area contributed by atoms with Gasteiger partial charge in [-0.15, -0.1) is 0 Å². The van der Waals surface area contributed by atoms with Gasteiger partial charge in [0.1, 0.15) is 34.8 Å². The summed E-state index contributed by atoms with van der Waals surface area (Å²) in [7, 11) is 2.89. The van der Waals surface area contributed by atoms with Gasteiger partial charge in [-0.2, -0.15) is 10.5 Å². The summed E-state index contributed by atoms with van der Waals surface area (Å²) in [4.78, 5) is 25.7. The van der Waals surface area contributed by atoms with Gasteiger partial charge in [0, 0.05) is 22.2 Å². The molecular formula is C30H24Cl2N4O4. The second-order valence-electron chi connectivity index (χ2n) is 8.52. The van der Waals surface area contributed by atoms with E-state index in [4.69, 9.17) is 32.7 Å². The predicted molar refractivity (Wildman–Crippen MR) is 156 cm³/mol. The van der Waals surface area contributed by atoms with Crippen molar-refractivity contribution in [2.75, 3.05) is 24.9 Å². The first kappa shape index (κ1) is 29.8. The van der Waals surface area contributed by atoms with Crippen LogP contribution in [0.4, 0.5) is 11.4 Å². The molecule has 0 bridgehead atoms. The lowest BCUT2D eigenvalue weighted by Gasteiger charge is -2.12. The average Bonchev–Trinajstić information content (AvgIpc) is 2.94. The molecule has 3 rings (SSSR count). The predicted octanol–water partition coefficient (Wildman–Crippen LogP) is 6.72. The zero-order valence-corrected chi connectivity index (χ0v) is 23.6. The van der Waals surface area contributed by atoms with Crippen molar-refractivity contribution < 1.29 is 19.1 Å². The number of halogens is 2. The van der Waals surface area contributed by atoms with Crippen LogP contribution in [0.2, 0.25) is 10.0 Å². The number of aryl methyl sites for hydroxylation is 2. The second kappa shape index (κ2) is 13.3. The van der Waals surface area contributed by atoms with E-state index in [9.17, 15) is 20.1 Å². The van der Waals surface area contributed by atoms with E-state index in [1.54, 1.807) is 62.4 Å². The van der Waals surface area contributed by atoms with E-state index >= 15 is 0 Å². The van der Waals surface area contributed by atoms with Crippen molar-refractivity contribution in [3.05, 3.63) is 92.0 Å². The molecule has 0 unspecified atom stereocenters. The summed E-state index contributed by atoms with van der Waals surface area (Å²) in [6, 6.07) is 16.9. The number of carbonyl (C=O) groups is 2. The number of anilines is 2. The lowest BCUT2D eigenvalue weighted by Crippen LogP contribution is -2.14. The zero-order chi connectivity index (χ0) is 29.4. The fraction of sp³-hybridized carbons (Fsp3) is 0.133. The summed E-state index contributed by atoms with van der Waals surface area (Å²) in [6.07, 6.45) is 2.80. The van der Waals surface area contributed by atoms with Crippen LogP contribution < -0.4 is 20.1 Å². The van der Waals surface area contributed by atoms with Gasteiger partial charge in [0.05, 0.1) is 25.6 Å². The molecule has 0 aromatic heterocycles. The Labute approximate surface area is 242 Å². The molecule has 3 aromatic rings. The van der Waals surface area contributed by atoms with Crippen LogP contribution in [0, 0.1) is 36.5 Å². The highest BCUT2D eigenvalue weighted by atomic mass is 35.5. The maximum atomic E-state index is 12.9. The number of nitrogens with zero attached hydrogens (tertiary/aromatic N) is 2. The maximum absolute atomic E-state index is 12.9. The monoisotopic (exact) mass is 574 g/mol. The second-order valence-corrected chi connectivity index (χ2v) is 9.34. The van der Waals surface area contributed by atoms with Crippen molar-refractivity contribution in [3.63, 3.8) is 0 Å². The largest absolute Gasteiger partial charge is 0.495 e. The van der Waals surface area contributed by atoms with E-state index in [1.165, 1.54) is 26.4 Å². The van der Waals surface area contributed by atoms with Gasteiger partial charge >= 0.3 is 0 Å². The normalized spacial score (nSPS) is 11.2. The SMILES string of the molecule is COc1cc(Cl)c(C)cc1NC(=O)/C(C#N)=C/c1cccc(/C=C(\C#N)C(=O)Nc2cc(C)c(Cl)cc2OC)c1. The first-order chi connectivity index (χ1) is 19.1. The fourth-order valence-electron chi connectivity index (χ4n) is 3.61. The number of amides is 2. The Bertz CT molecular complexity index is 1520. The van der Waals surface area contributed by atoms with Crippen molar-refractivity contribution in [2.45, 2.75) is 13.8 Å². The molecule has 0 aliphatic carbocycles. The molecule has 202 valence electrons. The highest BCUT2D eigenvalue weighted by molar-refractivity contribution is 6.32. The van der Waals surface area contributed by atoms with Crippen LogP contribution in [-0.4, -0.2) is 26.0 Å². The number of rotatable bonds is 8. The Balaban J connectivity index is 1.86. The molecular weight excluding hydrogens is 551 g/mol. The third-order valence-corrected chi connectivity index (χ3v) is 6.54. The minimum atomic E-state index is -0.646. The number of nitriles is 2. The number of nitrogens with one attached hydrogen (secondary N) is 2. The van der Waals surface area contributed by atoms with E-state index in [2.05, 4.69) is 10.6 Å². The molecule has 10 heteroatoms. The molecule has 0 atom stereocenters. The molecule has 0 radical (unpaired) electrons. The van der Waals surface area contributed by atoms with Gasteiger partial charge in [-0.25, -0.2) is 0 Å². The van der Waals surface area contributed by atoms with Crippen molar-refractivity contribution in [3.8, 4) is 23.6 Å². The van der Waals surface area contributed by atoms with Gasteiger partial charge in [-0.05, 0) is 66.5 Å². The number of ether oxygens (including phenoxy) is 2. The standard InChI is InChI=1S/C30H24Cl2N4O4/c1-17-8-25(27(39-3)13-23(17)31)35-29(37)21(15-33)11-19-6-5-7-20(10-19)12-22(16-34)30(38)36-26-9-18(2)24(32)14-28(26)40-4/h5-14H,1-4H3,(H,35,37)(H,36,38)/b21-11+,22-12+. The zero-order valence-electron chi connectivity index (χ0n) is 22.1. The maximum Gasteiger partial charge on any atom is 0.266 e. The Hall–Kier alpha value is -4.76. The van der Waals surface area contributed by atoms with Crippen molar-refractivity contribution in [1.29, 1.82) is 10.5 Å². The molecule has 0 fully saturated rings. The first-order valence-electron chi connectivity index (χ1n) is 11.7. The molecule has 2 amide bonds. The van der Waals surface area contributed by atoms with E-state index in [0.717, 1.165) is 11.1 Å². The topological polar surface area (TPSA) is 124 Å². The van der Waals surface area contributed by atoms with E-state index in [-0.39, 0.29) is 11.1 Å². The van der Waals surface area contributed by atoms with Crippen LogP contribution in [0.3, 0.4) is 0 Å². The molecule has 3 aromatic carbocycles. The Morgan fingerprint density at radius 3 is 1.50 bits per heavy atom. The highest BCUT2D eigenvalue weighted by Gasteiger charge is 2.16. The Morgan fingerprint density at radius 1 is 0.750 bits per heavy atom. The van der Waals surface area contributed by atoms with Crippen LogP contribution in [0.15, 0.2) is 59.7 Å². The number of hydrogen-bond acceptors (Lipinski definition) is 6. The van der Waals surface area contributed by atoms with Gasteiger partial charge < -0.3 is 20.1 Å². The van der Waals surface area contributed by atoms with Crippen LogP contribution in [0.1, 0.15) is 22.3 Å². The molecule has 0 aliphatic rings. The van der Waals surface area contributed by atoms with E-state index in [0.29, 0.717) is 44.0 Å². The number of carbonyl (C=O) groups excluding carboxylic acids is 2. The lowest BCUT2D eigenvalue weighted by atomic mass is 10.1. The Morgan fingerprint density at radius 2 is 1.15 bits per heavy atom. The summed E-state index contributed by atoms with van der Waals surface area (Å²) in [5.74, 6) is -0.593. The van der Waals surface area contributed by atoms with Gasteiger partial charge in [0.2, 0.25) is 0 Å². The molecule has 0 aliphatic heterocycles. The van der Waals surface area contributed by atoms with Crippen LogP contribution in [-0.2, 0) is 9.59 Å². The lowest BCUT2D eigenvalue weighted by molar-refractivity contribution is -0.113. The number of hydrogen-bond donors (Lipinski definition) is 2. The van der Waals surface area contributed by atoms with Gasteiger partial charge in [-0.1, -0.05) is 41.4 Å². The minimum absolute atomic E-state index is 0.167. The smallest absolute Gasteiger partial charge is 0.266 e. The molecule has 0 spiro atoms. The molecule has 40 heavy (non-hydrogen) atoms. The van der Waals surface area contributed by atoms with E-state index in [1.807, 2.05) is 12.1 Å². The molecule has 2 N–H and O–H groups in total. The third kappa shape index (κ3) is 7.21. The first-order valence-corrected chi connectivity index (χ1v) is 12.5. The average molecular weight is 575 g/mol. The van der Waals surface area contributed by atoms with Crippen molar-refractivity contribution >= 4 is 58.5 Å². The van der Waals surface area contributed by atoms with Crippen molar-refractivity contribution in [2.24, 2.45) is 0 Å². The van der Waals surface area contributed by atoms with Crippen LogP contribution in [0.25, 0.3) is 12.2 Å². The molecule has 0 heterocycles. The number of methoxy groups -OCH3 is 2. The summed E-state index contributed by atoms with van der Waals surface area (Å²) >= 11 is 12.3.